The Bertz CT molecular complexity index is 808. The number of rotatable bonds is 8. The lowest BCUT2D eigenvalue weighted by molar-refractivity contribution is -0.117. The van der Waals surface area contributed by atoms with Gasteiger partial charge in [-0.05, 0) is 42.7 Å². The molecule has 2 aromatic carbocycles. The fourth-order valence-electron chi connectivity index (χ4n) is 2.42. The van der Waals surface area contributed by atoms with Gasteiger partial charge in [0, 0.05) is 6.54 Å². The van der Waals surface area contributed by atoms with Crippen molar-refractivity contribution in [1.29, 1.82) is 5.26 Å². The molecule has 0 heterocycles. The molecule has 0 radical (unpaired) electrons. The summed E-state index contributed by atoms with van der Waals surface area (Å²) in [4.78, 5) is 12.2. The van der Waals surface area contributed by atoms with E-state index in [1.807, 2.05) is 43.3 Å². The second-order valence-corrected chi connectivity index (χ2v) is 5.50. The van der Waals surface area contributed by atoms with Gasteiger partial charge in [-0.3, -0.25) is 4.79 Å². The molecule has 0 aliphatic rings. The zero-order valence-electron chi connectivity index (χ0n) is 15.0. The van der Waals surface area contributed by atoms with Gasteiger partial charge in [-0.1, -0.05) is 36.4 Å². The second kappa shape index (κ2) is 9.90. The molecule has 0 aliphatic carbocycles. The van der Waals surface area contributed by atoms with Crippen molar-refractivity contribution in [1.82, 2.24) is 5.32 Å². The van der Waals surface area contributed by atoms with E-state index in [4.69, 9.17) is 9.47 Å². The Labute approximate surface area is 153 Å². The van der Waals surface area contributed by atoms with E-state index in [9.17, 15) is 10.1 Å². The second-order valence-electron chi connectivity index (χ2n) is 5.50. The molecule has 5 heteroatoms. The number of carbonyl (C=O) groups is 1. The fourth-order valence-corrected chi connectivity index (χ4v) is 2.42. The third kappa shape index (κ3) is 5.38. The van der Waals surface area contributed by atoms with Crippen LogP contribution in [0.2, 0.25) is 0 Å². The van der Waals surface area contributed by atoms with Gasteiger partial charge in [0.05, 0.1) is 13.7 Å². The molecular weight excluding hydrogens is 328 g/mol. The Balaban J connectivity index is 2.04. The highest BCUT2D eigenvalue weighted by Gasteiger charge is 2.10. The zero-order valence-corrected chi connectivity index (χ0v) is 15.0. The molecule has 0 aromatic heterocycles. The minimum absolute atomic E-state index is 0.0456. The Morgan fingerprint density at radius 1 is 1.19 bits per heavy atom. The minimum Gasteiger partial charge on any atom is -0.493 e. The maximum atomic E-state index is 12.2. The van der Waals surface area contributed by atoms with E-state index in [0.717, 1.165) is 5.56 Å². The molecular formula is C21H22N2O3. The number of nitriles is 1. The molecule has 0 spiro atoms. The van der Waals surface area contributed by atoms with Crippen LogP contribution in [0.5, 0.6) is 11.5 Å². The number of hydrogen-bond donors (Lipinski definition) is 1. The van der Waals surface area contributed by atoms with Crippen molar-refractivity contribution in [2.45, 2.75) is 13.3 Å². The molecule has 1 amide bonds. The topological polar surface area (TPSA) is 71.3 Å². The number of carbonyl (C=O) groups excluding carboxylic acids is 1. The summed E-state index contributed by atoms with van der Waals surface area (Å²) in [5.41, 5.74) is 1.87. The van der Waals surface area contributed by atoms with E-state index in [2.05, 4.69) is 5.32 Å². The van der Waals surface area contributed by atoms with Gasteiger partial charge in [-0.2, -0.15) is 5.26 Å². The van der Waals surface area contributed by atoms with E-state index in [1.54, 1.807) is 25.3 Å². The van der Waals surface area contributed by atoms with Crippen molar-refractivity contribution in [3.63, 3.8) is 0 Å². The first-order valence-electron chi connectivity index (χ1n) is 8.42. The molecule has 0 saturated heterocycles. The zero-order chi connectivity index (χ0) is 18.8. The summed E-state index contributed by atoms with van der Waals surface area (Å²) < 4.78 is 10.8. The summed E-state index contributed by atoms with van der Waals surface area (Å²) in [5, 5.41) is 12.1. The molecule has 0 atom stereocenters. The maximum absolute atomic E-state index is 12.2. The maximum Gasteiger partial charge on any atom is 0.261 e. The Hall–Kier alpha value is -3.26. The molecule has 0 fully saturated rings. The predicted octanol–water partition coefficient (Wildman–Crippen LogP) is 3.36. The summed E-state index contributed by atoms with van der Waals surface area (Å²) in [7, 11) is 1.55. The number of nitrogens with zero attached hydrogens (tertiary/aromatic N) is 1. The van der Waals surface area contributed by atoms with Crippen molar-refractivity contribution in [2.75, 3.05) is 20.3 Å². The monoisotopic (exact) mass is 350 g/mol. The van der Waals surface area contributed by atoms with E-state index >= 15 is 0 Å². The van der Waals surface area contributed by atoms with Crippen LogP contribution in [0.25, 0.3) is 6.08 Å². The van der Waals surface area contributed by atoms with Crippen LogP contribution in [0.3, 0.4) is 0 Å². The van der Waals surface area contributed by atoms with Gasteiger partial charge < -0.3 is 14.8 Å². The normalized spacial score (nSPS) is 10.7. The van der Waals surface area contributed by atoms with Crippen LogP contribution in [0, 0.1) is 11.3 Å². The lowest BCUT2D eigenvalue weighted by Crippen LogP contribution is -2.26. The molecule has 5 nitrogen and oxygen atoms in total. The highest BCUT2D eigenvalue weighted by molar-refractivity contribution is 6.01. The molecule has 0 unspecified atom stereocenters. The van der Waals surface area contributed by atoms with Crippen LogP contribution in [-0.4, -0.2) is 26.2 Å². The molecule has 0 bridgehead atoms. The average molecular weight is 350 g/mol. The smallest absolute Gasteiger partial charge is 0.261 e. The van der Waals surface area contributed by atoms with Gasteiger partial charge >= 0.3 is 0 Å². The fraction of sp³-hybridized carbons (Fsp3) is 0.238. The molecule has 0 saturated carbocycles. The highest BCUT2D eigenvalue weighted by atomic mass is 16.5. The molecule has 2 aromatic rings. The van der Waals surface area contributed by atoms with Crippen molar-refractivity contribution >= 4 is 12.0 Å². The first-order chi connectivity index (χ1) is 12.7. The number of methoxy groups -OCH3 is 1. The van der Waals surface area contributed by atoms with Gasteiger partial charge in [0.1, 0.15) is 11.6 Å². The minimum atomic E-state index is -0.392. The van der Waals surface area contributed by atoms with E-state index in [0.29, 0.717) is 36.6 Å². The molecule has 0 aliphatic heterocycles. The SMILES string of the molecule is CCOc1ccc(/C=C(\C#N)C(=O)NCCc2ccccc2)cc1OC. The van der Waals surface area contributed by atoms with E-state index in [-0.39, 0.29) is 5.57 Å². The predicted molar refractivity (Wildman–Crippen MR) is 101 cm³/mol. The molecule has 134 valence electrons. The van der Waals surface area contributed by atoms with Gasteiger partial charge in [0.2, 0.25) is 0 Å². The van der Waals surface area contributed by atoms with Crippen LogP contribution < -0.4 is 14.8 Å². The molecule has 2 rings (SSSR count). The number of hydrogen-bond acceptors (Lipinski definition) is 4. The lowest BCUT2D eigenvalue weighted by atomic mass is 10.1. The molecule has 1 N–H and O–H groups in total. The summed E-state index contributed by atoms with van der Waals surface area (Å²) >= 11 is 0. The summed E-state index contributed by atoms with van der Waals surface area (Å²) in [6.07, 6.45) is 2.25. The van der Waals surface area contributed by atoms with E-state index in [1.165, 1.54) is 6.08 Å². The van der Waals surface area contributed by atoms with Crippen LogP contribution in [0.15, 0.2) is 54.1 Å². The Kier molecular flexibility index (Phi) is 7.26. The van der Waals surface area contributed by atoms with Crippen LogP contribution >= 0.6 is 0 Å². The number of ether oxygens (including phenoxy) is 2. The van der Waals surface area contributed by atoms with Gasteiger partial charge in [-0.25, -0.2) is 0 Å². The summed E-state index contributed by atoms with van der Waals surface area (Å²) in [5.74, 6) is 0.789. The van der Waals surface area contributed by atoms with E-state index < -0.39 is 5.91 Å². The first kappa shape index (κ1) is 19.1. The van der Waals surface area contributed by atoms with Crippen molar-refractivity contribution in [2.24, 2.45) is 0 Å². The Morgan fingerprint density at radius 3 is 2.62 bits per heavy atom. The summed E-state index contributed by atoms with van der Waals surface area (Å²) in [6.45, 7) is 2.88. The van der Waals surface area contributed by atoms with Gasteiger partial charge in [-0.15, -0.1) is 0 Å². The van der Waals surface area contributed by atoms with Crippen molar-refractivity contribution < 1.29 is 14.3 Å². The first-order valence-corrected chi connectivity index (χ1v) is 8.42. The van der Waals surface area contributed by atoms with Crippen LogP contribution in [0.1, 0.15) is 18.1 Å². The number of benzene rings is 2. The summed E-state index contributed by atoms with van der Waals surface area (Å²) in [6, 6.07) is 17.1. The molecule has 26 heavy (non-hydrogen) atoms. The van der Waals surface area contributed by atoms with Crippen LogP contribution in [0.4, 0.5) is 0 Å². The number of amides is 1. The third-order valence-corrected chi connectivity index (χ3v) is 3.71. The van der Waals surface area contributed by atoms with Crippen molar-refractivity contribution in [3.8, 4) is 17.6 Å². The largest absolute Gasteiger partial charge is 0.493 e. The standard InChI is InChI=1S/C21H22N2O3/c1-3-26-19-10-9-17(14-20(19)25-2)13-18(15-22)21(24)23-12-11-16-7-5-4-6-8-16/h4-10,13-14H,3,11-12H2,1-2H3,(H,23,24)/b18-13+. The van der Waals surface area contributed by atoms with Gasteiger partial charge in [0.15, 0.2) is 11.5 Å². The van der Waals surface area contributed by atoms with Crippen molar-refractivity contribution in [3.05, 3.63) is 65.2 Å². The van der Waals surface area contributed by atoms with Gasteiger partial charge in [0.25, 0.3) is 5.91 Å². The number of nitrogens with one attached hydrogen (secondary N) is 1. The Morgan fingerprint density at radius 2 is 1.96 bits per heavy atom. The lowest BCUT2D eigenvalue weighted by Gasteiger charge is -2.10. The highest BCUT2D eigenvalue weighted by Crippen LogP contribution is 2.28. The quantitative estimate of drug-likeness (QED) is 0.585. The van der Waals surface area contributed by atoms with Crippen LogP contribution in [-0.2, 0) is 11.2 Å². The average Bonchev–Trinajstić information content (AvgIpc) is 2.68. The third-order valence-electron chi connectivity index (χ3n) is 3.71.